The van der Waals surface area contributed by atoms with Gasteiger partial charge in [-0.25, -0.2) is 13.2 Å². The van der Waals surface area contributed by atoms with Crippen molar-refractivity contribution in [2.75, 3.05) is 43.1 Å². The van der Waals surface area contributed by atoms with E-state index in [0.717, 1.165) is 5.56 Å². The van der Waals surface area contributed by atoms with E-state index in [2.05, 4.69) is 0 Å². The molecule has 8 nitrogen and oxygen atoms in total. The lowest BCUT2D eigenvalue weighted by molar-refractivity contribution is -0.125. The number of Topliss-reactive ketones (excluding diaryl/α,β-unsaturated/α-hetero) is 1. The molecule has 0 N–H and O–H groups in total. The number of carbonyl (C=O) groups is 3. The molecular weight excluding hydrogens is 464 g/mol. The Kier molecular flexibility index (Phi) is 7.80. The molecule has 1 amide bonds. The average molecular weight is 491 g/mol. The van der Waals surface area contributed by atoms with Crippen molar-refractivity contribution in [2.24, 2.45) is 0 Å². The fraction of sp³-hybridized carbons (Fsp3) is 0.348. The van der Waals surface area contributed by atoms with E-state index in [-0.39, 0.29) is 28.8 Å². The molecule has 0 unspecified atom stereocenters. The molecule has 1 aliphatic rings. The Morgan fingerprint density at radius 2 is 1.85 bits per heavy atom. The maximum atomic E-state index is 12.6. The van der Waals surface area contributed by atoms with Gasteiger partial charge < -0.3 is 9.64 Å². The molecule has 0 spiro atoms. The number of esters is 1. The number of nitrogens with zero attached hydrogens (tertiary/aromatic N) is 2. The van der Waals surface area contributed by atoms with Crippen LogP contribution in [0.3, 0.4) is 0 Å². The van der Waals surface area contributed by atoms with Gasteiger partial charge in [0.2, 0.25) is 15.9 Å². The standard InChI is InChI=1S/C23H26N2O6S2/c1-4-33(29,30)25-12-11-16-13-17(9-10-19(16)25)20(26)14-31-23(28)18-7-5-6-8-21(18)32-15-22(27)24(2)3/h5-10,13H,4,11-12,14-15H2,1-3H3. The number of fused-ring (bicyclic) bond motifs is 1. The largest absolute Gasteiger partial charge is 0.454 e. The van der Waals surface area contributed by atoms with Crippen LogP contribution in [0.4, 0.5) is 5.69 Å². The summed E-state index contributed by atoms with van der Waals surface area (Å²) < 4.78 is 31.1. The molecule has 10 heteroatoms. The molecule has 0 radical (unpaired) electrons. The van der Waals surface area contributed by atoms with Crippen molar-refractivity contribution in [3.63, 3.8) is 0 Å². The number of benzene rings is 2. The van der Waals surface area contributed by atoms with E-state index in [1.807, 2.05) is 0 Å². The van der Waals surface area contributed by atoms with Crippen molar-refractivity contribution in [2.45, 2.75) is 18.2 Å². The molecule has 2 aromatic carbocycles. The van der Waals surface area contributed by atoms with Crippen molar-refractivity contribution in [1.82, 2.24) is 4.90 Å². The van der Waals surface area contributed by atoms with Crippen molar-refractivity contribution in [3.8, 4) is 0 Å². The summed E-state index contributed by atoms with van der Waals surface area (Å²) >= 11 is 1.23. The molecule has 0 aromatic heterocycles. The van der Waals surface area contributed by atoms with Crippen LogP contribution in [0.25, 0.3) is 0 Å². The van der Waals surface area contributed by atoms with Gasteiger partial charge in [-0.15, -0.1) is 11.8 Å². The number of amides is 1. The number of ether oxygens (including phenoxy) is 1. The second kappa shape index (κ2) is 10.4. The quantitative estimate of drug-likeness (QED) is 0.303. The lowest BCUT2D eigenvalue weighted by Gasteiger charge is -2.18. The molecule has 0 saturated carbocycles. The Hall–Kier alpha value is -2.85. The third kappa shape index (κ3) is 5.75. The number of thioether (sulfide) groups is 1. The maximum Gasteiger partial charge on any atom is 0.339 e. The Balaban J connectivity index is 1.65. The molecule has 0 fully saturated rings. The SMILES string of the molecule is CCS(=O)(=O)N1CCc2cc(C(=O)COC(=O)c3ccccc3SCC(=O)N(C)C)ccc21. The number of carbonyl (C=O) groups excluding carboxylic acids is 3. The summed E-state index contributed by atoms with van der Waals surface area (Å²) in [5.74, 6) is -0.927. The summed E-state index contributed by atoms with van der Waals surface area (Å²) in [4.78, 5) is 39.1. The van der Waals surface area contributed by atoms with Crippen LogP contribution in [0.15, 0.2) is 47.4 Å². The van der Waals surface area contributed by atoms with E-state index in [1.54, 1.807) is 63.5 Å². The van der Waals surface area contributed by atoms with Crippen molar-refractivity contribution >= 4 is 45.1 Å². The molecule has 0 saturated heterocycles. The van der Waals surface area contributed by atoms with Crippen LogP contribution in [0, 0.1) is 0 Å². The zero-order valence-electron chi connectivity index (χ0n) is 18.7. The van der Waals surface area contributed by atoms with E-state index < -0.39 is 22.6 Å². The first-order valence-corrected chi connectivity index (χ1v) is 13.0. The third-order valence-corrected chi connectivity index (χ3v) is 8.08. The topological polar surface area (TPSA) is 101 Å². The molecule has 3 rings (SSSR count). The van der Waals surface area contributed by atoms with Crippen LogP contribution in [0.5, 0.6) is 0 Å². The van der Waals surface area contributed by atoms with Crippen molar-refractivity contribution in [1.29, 1.82) is 0 Å². The molecule has 1 heterocycles. The Morgan fingerprint density at radius 3 is 2.55 bits per heavy atom. The monoisotopic (exact) mass is 490 g/mol. The second-order valence-electron chi connectivity index (χ2n) is 7.64. The minimum atomic E-state index is -3.36. The highest BCUT2D eigenvalue weighted by molar-refractivity contribution is 8.00. The number of ketones is 1. The predicted molar refractivity (Wildman–Crippen MR) is 127 cm³/mol. The van der Waals surface area contributed by atoms with Crippen molar-refractivity contribution in [3.05, 3.63) is 59.2 Å². The first-order chi connectivity index (χ1) is 15.6. The zero-order valence-corrected chi connectivity index (χ0v) is 20.4. The Bertz CT molecular complexity index is 1180. The Labute approximate surface area is 197 Å². The summed E-state index contributed by atoms with van der Waals surface area (Å²) in [5, 5.41) is 0. The lowest BCUT2D eigenvalue weighted by atomic mass is 10.1. The molecule has 0 bridgehead atoms. The first-order valence-electron chi connectivity index (χ1n) is 10.4. The van der Waals surface area contributed by atoms with Crippen LogP contribution < -0.4 is 4.31 Å². The molecule has 0 atom stereocenters. The van der Waals surface area contributed by atoms with Gasteiger partial charge in [-0.2, -0.15) is 0 Å². The van der Waals surface area contributed by atoms with Gasteiger partial charge in [-0.3, -0.25) is 13.9 Å². The van der Waals surface area contributed by atoms with Gasteiger partial charge in [0.25, 0.3) is 0 Å². The second-order valence-corrected chi connectivity index (χ2v) is 10.8. The van der Waals surface area contributed by atoms with E-state index in [1.165, 1.54) is 21.0 Å². The smallest absolute Gasteiger partial charge is 0.339 e. The Morgan fingerprint density at radius 1 is 1.12 bits per heavy atom. The summed E-state index contributed by atoms with van der Waals surface area (Å²) in [6.45, 7) is 1.50. The highest BCUT2D eigenvalue weighted by Gasteiger charge is 2.28. The van der Waals surface area contributed by atoms with Gasteiger partial charge in [-0.05, 0) is 49.2 Å². The average Bonchev–Trinajstić information content (AvgIpc) is 3.25. The highest BCUT2D eigenvalue weighted by atomic mass is 32.2. The van der Waals surface area contributed by atoms with Gasteiger partial charge >= 0.3 is 5.97 Å². The zero-order chi connectivity index (χ0) is 24.2. The van der Waals surface area contributed by atoms with E-state index in [9.17, 15) is 22.8 Å². The van der Waals surface area contributed by atoms with Gasteiger partial charge in [0.1, 0.15) is 0 Å². The summed E-state index contributed by atoms with van der Waals surface area (Å²) in [6, 6.07) is 11.6. The minimum Gasteiger partial charge on any atom is -0.454 e. The van der Waals surface area contributed by atoms with Crippen LogP contribution >= 0.6 is 11.8 Å². The fourth-order valence-electron chi connectivity index (χ4n) is 3.31. The lowest BCUT2D eigenvalue weighted by Crippen LogP contribution is -2.30. The van der Waals surface area contributed by atoms with Crippen LogP contribution in [0.2, 0.25) is 0 Å². The molecule has 176 valence electrons. The molecule has 1 aliphatic heterocycles. The molecule has 2 aromatic rings. The predicted octanol–water partition coefficient (Wildman–Crippen LogP) is 2.62. The molecule has 33 heavy (non-hydrogen) atoms. The van der Waals surface area contributed by atoms with E-state index in [4.69, 9.17) is 4.74 Å². The fourth-order valence-corrected chi connectivity index (χ4v) is 5.49. The van der Waals surface area contributed by atoms with Crippen molar-refractivity contribution < 1.29 is 27.5 Å². The van der Waals surface area contributed by atoms with Gasteiger partial charge in [-0.1, -0.05) is 12.1 Å². The normalized spacial score (nSPS) is 12.9. The molecule has 0 aliphatic carbocycles. The number of anilines is 1. The third-order valence-electron chi connectivity index (χ3n) is 5.25. The van der Waals surface area contributed by atoms with Gasteiger partial charge in [0, 0.05) is 31.1 Å². The maximum absolute atomic E-state index is 12.6. The highest BCUT2D eigenvalue weighted by Crippen LogP contribution is 2.31. The first kappa shape index (κ1) is 24.8. The number of hydrogen-bond donors (Lipinski definition) is 0. The van der Waals surface area contributed by atoms with Gasteiger partial charge in [0.15, 0.2) is 12.4 Å². The van der Waals surface area contributed by atoms with Gasteiger partial charge in [0.05, 0.1) is 22.8 Å². The van der Waals surface area contributed by atoms with Crippen LogP contribution in [-0.4, -0.2) is 69.7 Å². The van der Waals surface area contributed by atoms with E-state index >= 15 is 0 Å². The summed E-state index contributed by atoms with van der Waals surface area (Å²) in [7, 11) is -0.0412. The van der Waals surface area contributed by atoms with Crippen LogP contribution in [0.1, 0.15) is 33.2 Å². The minimum absolute atomic E-state index is 0.00609. The number of rotatable bonds is 9. The summed E-state index contributed by atoms with van der Waals surface area (Å²) in [6.07, 6.45) is 0.520. The van der Waals surface area contributed by atoms with Crippen LogP contribution in [-0.2, 0) is 26.0 Å². The summed E-state index contributed by atoms with van der Waals surface area (Å²) in [5.41, 5.74) is 2.01. The number of hydrogen-bond acceptors (Lipinski definition) is 7. The van der Waals surface area contributed by atoms with E-state index in [0.29, 0.717) is 29.1 Å². The number of sulfonamides is 1. The molecular formula is C23H26N2O6S2.